The van der Waals surface area contributed by atoms with Crippen LogP contribution in [0, 0.1) is 6.92 Å². The zero-order chi connectivity index (χ0) is 14.0. The van der Waals surface area contributed by atoms with Crippen molar-refractivity contribution in [1.29, 1.82) is 0 Å². The fraction of sp³-hybridized carbons (Fsp3) is 0.231. The number of benzene rings is 1. The predicted octanol–water partition coefficient (Wildman–Crippen LogP) is 1.99. The molecule has 0 amide bonds. The van der Waals surface area contributed by atoms with Crippen molar-refractivity contribution in [3.05, 3.63) is 47.9 Å². The molecule has 5 nitrogen and oxygen atoms in total. The van der Waals surface area contributed by atoms with Crippen molar-refractivity contribution < 1.29 is 12.8 Å². The number of nitrogens with two attached hydrogens (primary N) is 1. The Balaban J connectivity index is 2.28. The van der Waals surface area contributed by atoms with Gasteiger partial charge in [-0.3, -0.25) is 0 Å². The molecule has 1 aromatic heterocycles. The summed E-state index contributed by atoms with van der Waals surface area (Å²) in [6, 6.07) is 8.14. The maximum atomic E-state index is 12.4. The average Bonchev–Trinajstić information content (AvgIpc) is 2.85. The highest BCUT2D eigenvalue weighted by atomic mass is 32.2. The molecule has 0 aliphatic heterocycles. The van der Waals surface area contributed by atoms with E-state index in [1.165, 1.54) is 23.7 Å². The monoisotopic (exact) mass is 280 g/mol. The maximum Gasteiger partial charge on any atom is 0.243 e. The minimum absolute atomic E-state index is 0.193. The van der Waals surface area contributed by atoms with Crippen molar-refractivity contribution in [1.82, 2.24) is 4.31 Å². The number of nitrogen functional groups attached to an aromatic ring is 1. The van der Waals surface area contributed by atoms with Gasteiger partial charge in [-0.05, 0) is 42.8 Å². The van der Waals surface area contributed by atoms with Gasteiger partial charge in [0.15, 0.2) is 0 Å². The van der Waals surface area contributed by atoms with Crippen LogP contribution < -0.4 is 5.73 Å². The van der Waals surface area contributed by atoms with E-state index in [2.05, 4.69) is 0 Å². The van der Waals surface area contributed by atoms with Crippen LogP contribution in [0.1, 0.15) is 11.3 Å². The van der Waals surface area contributed by atoms with Gasteiger partial charge in [-0.15, -0.1) is 0 Å². The van der Waals surface area contributed by atoms with E-state index in [0.717, 1.165) is 5.56 Å². The number of aryl methyl sites for hydroxylation is 1. The molecule has 0 aliphatic rings. The summed E-state index contributed by atoms with van der Waals surface area (Å²) in [5, 5.41) is 0. The first kappa shape index (κ1) is 13.6. The average molecular weight is 280 g/mol. The second-order valence-corrected chi connectivity index (χ2v) is 6.40. The molecule has 102 valence electrons. The molecule has 0 atom stereocenters. The van der Waals surface area contributed by atoms with Crippen LogP contribution in [0.2, 0.25) is 0 Å². The molecule has 0 spiro atoms. The van der Waals surface area contributed by atoms with Crippen molar-refractivity contribution in [3.8, 4) is 0 Å². The summed E-state index contributed by atoms with van der Waals surface area (Å²) in [5.41, 5.74) is 7.01. The molecule has 0 unspecified atom stereocenters. The van der Waals surface area contributed by atoms with Crippen LogP contribution in [0.25, 0.3) is 0 Å². The van der Waals surface area contributed by atoms with E-state index in [1.54, 1.807) is 31.2 Å². The summed E-state index contributed by atoms with van der Waals surface area (Å²) in [6.45, 7) is 1.97. The fourth-order valence-corrected chi connectivity index (χ4v) is 2.92. The molecule has 2 aromatic rings. The Hall–Kier alpha value is -1.79. The lowest BCUT2D eigenvalue weighted by molar-refractivity contribution is 0.406. The molecule has 6 heteroatoms. The van der Waals surface area contributed by atoms with Crippen LogP contribution in [0.4, 0.5) is 5.69 Å². The fourth-order valence-electron chi connectivity index (χ4n) is 1.70. The summed E-state index contributed by atoms with van der Waals surface area (Å²) in [4.78, 5) is 0.230. The number of anilines is 1. The molecule has 0 saturated heterocycles. The summed E-state index contributed by atoms with van der Waals surface area (Å²) >= 11 is 0. The zero-order valence-corrected chi connectivity index (χ0v) is 11.6. The lowest BCUT2D eigenvalue weighted by Gasteiger charge is -2.16. The smallest absolute Gasteiger partial charge is 0.243 e. The van der Waals surface area contributed by atoms with Gasteiger partial charge in [0.1, 0.15) is 5.76 Å². The summed E-state index contributed by atoms with van der Waals surface area (Å²) in [7, 11) is -2.02. The van der Waals surface area contributed by atoms with Crippen molar-refractivity contribution in [2.75, 3.05) is 12.8 Å². The maximum absolute atomic E-state index is 12.4. The standard InChI is InChI=1S/C13H16N2O3S/c1-10-8-12(5-6-13(10)14)19(16,17)15(2)9-11-4-3-7-18-11/h3-8H,9,14H2,1-2H3. The predicted molar refractivity (Wildman–Crippen MR) is 73.0 cm³/mol. The number of furan rings is 1. The van der Waals surface area contributed by atoms with Gasteiger partial charge >= 0.3 is 0 Å². The topological polar surface area (TPSA) is 76.5 Å². The van der Waals surface area contributed by atoms with Crippen LogP contribution in [0.5, 0.6) is 0 Å². The number of hydrogen-bond acceptors (Lipinski definition) is 4. The molecule has 1 aromatic carbocycles. The first-order chi connectivity index (χ1) is 8.91. The Morgan fingerprint density at radius 2 is 2.05 bits per heavy atom. The lowest BCUT2D eigenvalue weighted by atomic mass is 10.2. The number of hydrogen-bond donors (Lipinski definition) is 1. The van der Waals surface area contributed by atoms with Crippen LogP contribution >= 0.6 is 0 Å². The highest BCUT2D eigenvalue weighted by molar-refractivity contribution is 7.89. The van der Waals surface area contributed by atoms with E-state index >= 15 is 0 Å². The molecular formula is C13H16N2O3S. The minimum Gasteiger partial charge on any atom is -0.468 e. The van der Waals surface area contributed by atoms with Gasteiger partial charge in [0.05, 0.1) is 17.7 Å². The van der Waals surface area contributed by atoms with Crippen molar-refractivity contribution in [2.45, 2.75) is 18.4 Å². The van der Waals surface area contributed by atoms with E-state index < -0.39 is 10.0 Å². The Morgan fingerprint density at radius 3 is 2.63 bits per heavy atom. The lowest BCUT2D eigenvalue weighted by Crippen LogP contribution is -2.26. The Labute approximate surface area is 112 Å². The minimum atomic E-state index is -3.54. The molecule has 0 fully saturated rings. The molecule has 0 aliphatic carbocycles. The second-order valence-electron chi connectivity index (χ2n) is 4.36. The van der Waals surface area contributed by atoms with Crippen LogP contribution in [0.3, 0.4) is 0 Å². The largest absolute Gasteiger partial charge is 0.468 e. The molecule has 2 N–H and O–H groups in total. The third-order valence-electron chi connectivity index (χ3n) is 2.91. The molecular weight excluding hydrogens is 264 g/mol. The number of rotatable bonds is 4. The van der Waals surface area contributed by atoms with E-state index in [4.69, 9.17) is 10.2 Å². The third-order valence-corrected chi connectivity index (χ3v) is 4.71. The highest BCUT2D eigenvalue weighted by Crippen LogP contribution is 2.21. The van der Waals surface area contributed by atoms with E-state index in [9.17, 15) is 8.42 Å². The molecule has 0 bridgehead atoms. The molecule has 0 saturated carbocycles. The molecule has 1 heterocycles. The highest BCUT2D eigenvalue weighted by Gasteiger charge is 2.22. The Morgan fingerprint density at radius 1 is 1.32 bits per heavy atom. The number of nitrogens with zero attached hydrogens (tertiary/aromatic N) is 1. The van der Waals surface area contributed by atoms with Crippen LogP contribution in [0.15, 0.2) is 45.9 Å². The first-order valence-corrected chi connectivity index (χ1v) is 7.20. The van der Waals surface area contributed by atoms with E-state index in [1.807, 2.05) is 0 Å². The summed E-state index contributed by atoms with van der Waals surface area (Å²) in [5.74, 6) is 0.596. The second kappa shape index (κ2) is 5.07. The van der Waals surface area contributed by atoms with Gasteiger partial charge in [0.25, 0.3) is 0 Å². The van der Waals surface area contributed by atoms with E-state index in [0.29, 0.717) is 11.4 Å². The summed E-state index contributed by atoms with van der Waals surface area (Å²) < 4.78 is 31.1. The Bertz CT molecular complexity index is 663. The molecule has 2 rings (SSSR count). The van der Waals surface area contributed by atoms with Crippen LogP contribution in [-0.4, -0.2) is 19.8 Å². The normalized spacial score (nSPS) is 11.9. The molecule has 19 heavy (non-hydrogen) atoms. The SMILES string of the molecule is Cc1cc(S(=O)(=O)N(C)Cc2ccco2)ccc1N. The van der Waals surface area contributed by atoms with Crippen molar-refractivity contribution in [3.63, 3.8) is 0 Å². The van der Waals surface area contributed by atoms with Crippen molar-refractivity contribution in [2.24, 2.45) is 0 Å². The van der Waals surface area contributed by atoms with Crippen LogP contribution in [-0.2, 0) is 16.6 Å². The third kappa shape index (κ3) is 2.80. The van der Waals surface area contributed by atoms with Gasteiger partial charge in [0, 0.05) is 12.7 Å². The van der Waals surface area contributed by atoms with Gasteiger partial charge in [0.2, 0.25) is 10.0 Å². The quantitative estimate of drug-likeness (QED) is 0.869. The first-order valence-electron chi connectivity index (χ1n) is 5.76. The molecule has 0 radical (unpaired) electrons. The zero-order valence-electron chi connectivity index (χ0n) is 10.8. The van der Waals surface area contributed by atoms with Gasteiger partial charge < -0.3 is 10.2 Å². The Kier molecular flexibility index (Phi) is 3.64. The number of sulfonamides is 1. The summed E-state index contributed by atoms with van der Waals surface area (Å²) in [6.07, 6.45) is 1.52. The van der Waals surface area contributed by atoms with Gasteiger partial charge in [-0.1, -0.05) is 0 Å². The van der Waals surface area contributed by atoms with E-state index in [-0.39, 0.29) is 11.4 Å². The van der Waals surface area contributed by atoms with Crippen molar-refractivity contribution >= 4 is 15.7 Å². The van der Waals surface area contributed by atoms with Gasteiger partial charge in [-0.25, -0.2) is 8.42 Å². The van der Waals surface area contributed by atoms with Gasteiger partial charge in [-0.2, -0.15) is 4.31 Å².